The molecule has 0 bridgehead atoms. The van der Waals surface area contributed by atoms with Crippen LogP contribution in [0.25, 0.3) is 12.2 Å². The van der Waals surface area contributed by atoms with Crippen LogP contribution >= 0.6 is 0 Å². The molecule has 3 rings (SSSR count). The van der Waals surface area contributed by atoms with E-state index in [1.165, 1.54) is 0 Å². The first-order chi connectivity index (χ1) is 13.9. The van der Waals surface area contributed by atoms with Gasteiger partial charge in [-0.3, -0.25) is 25.2 Å². The summed E-state index contributed by atoms with van der Waals surface area (Å²) < 4.78 is 5.17. The number of esters is 1. The van der Waals surface area contributed by atoms with Crippen molar-refractivity contribution in [2.45, 2.75) is 0 Å². The largest absolute Gasteiger partial charge is 0.423 e. The van der Waals surface area contributed by atoms with E-state index in [1.807, 2.05) is 24.3 Å². The Hall–Kier alpha value is -4.40. The van der Waals surface area contributed by atoms with Gasteiger partial charge in [-0.25, -0.2) is 4.79 Å². The summed E-state index contributed by atoms with van der Waals surface area (Å²) in [5.41, 5.74) is 0.411. The van der Waals surface area contributed by atoms with E-state index in [2.05, 4.69) is 4.98 Å². The molecule has 9 heteroatoms. The number of nitrogens with zero attached hydrogens (tertiary/aromatic N) is 3. The Balaban J connectivity index is 1.75. The molecular formula is C20H13N3O6. The lowest BCUT2D eigenvalue weighted by molar-refractivity contribution is -0.394. The molecule has 9 nitrogen and oxygen atoms in total. The summed E-state index contributed by atoms with van der Waals surface area (Å²) in [7, 11) is 0. The molecule has 3 aromatic rings. The van der Waals surface area contributed by atoms with Gasteiger partial charge in [0.1, 0.15) is 5.75 Å². The minimum atomic E-state index is -0.933. The number of benzene rings is 2. The van der Waals surface area contributed by atoms with E-state index >= 15 is 0 Å². The van der Waals surface area contributed by atoms with Crippen LogP contribution in [0.1, 0.15) is 21.5 Å². The molecule has 0 fully saturated rings. The molecule has 144 valence electrons. The molecule has 0 radical (unpaired) electrons. The van der Waals surface area contributed by atoms with Gasteiger partial charge >= 0.3 is 5.97 Å². The number of hydrogen-bond acceptors (Lipinski definition) is 7. The number of hydrogen-bond donors (Lipinski definition) is 0. The highest BCUT2D eigenvalue weighted by Crippen LogP contribution is 2.24. The number of nitro groups is 2. The monoisotopic (exact) mass is 391 g/mol. The number of rotatable bonds is 6. The van der Waals surface area contributed by atoms with Gasteiger partial charge in [0, 0.05) is 24.5 Å². The number of carbonyl (C=O) groups excluding carboxylic acids is 1. The van der Waals surface area contributed by atoms with Crippen LogP contribution in [0.3, 0.4) is 0 Å². The fraction of sp³-hybridized carbons (Fsp3) is 0. The van der Waals surface area contributed by atoms with Crippen molar-refractivity contribution in [1.82, 2.24) is 4.98 Å². The van der Waals surface area contributed by atoms with E-state index in [0.717, 1.165) is 29.3 Å². The molecular weight excluding hydrogens is 378 g/mol. The molecule has 0 atom stereocenters. The zero-order valence-electron chi connectivity index (χ0n) is 14.8. The van der Waals surface area contributed by atoms with Gasteiger partial charge in [0.05, 0.1) is 21.5 Å². The fourth-order valence-corrected chi connectivity index (χ4v) is 2.40. The quantitative estimate of drug-likeness (QED) is 0.265. The predicted molar refractivity (Wildman–Crippen MR) is 104 cm³/mol. The molecule has 0 aliphatic rings. The SMILES string of the molecule is O=C(Oc1ccc(/C=C/c2ccncc2)cc1)c1cc([N+](=O)[O-])cc([N+](=O)[O-])c1. The molecule has 0 N–H and O–H groups in total. The van der Waals surface area contributed by atoms with E-state index in [0.29, 0.717) is 0 Å². The normalized spacial score (nSPS) is 10.6. The van der Waals surface area contributed by atoms with Gasteiger partial charge in [-0.15, -0.1) is 0 Å². The Kier molecular flexibility index (Phi) is 5.69. The first-order valence-corrected chi connectivity index (χ1v) is 8.26. The molecule has 2 aromatic carbocycles. The van der Waals surface area contributed by atoms with Crippen molar-refractivity contribution in [2.75, 3.05) is 0 Å². The van der Waals surface area contributed by atoms with Crippen molar-refractivity contribution in [1.29, 1.82) is 0 Å². The Bertz CT molecular complexity index is 1060. The lowest BCUT2D eigenvalue weighted by Gasteiger charge is -2.05. The summed E-state index contributed by atoms with van der Waals surface area (Å²) >= 11 is 0. The number of aromatic nitrogens is 1. The molecule has 0 spiro atoms. The molecule has 29 heavy (non-hydrogen) atoms. The molecule has 0 amide bonds. The summed E-state index contributed by atoms with van der Waals surface area (Å²) in [6.07, 6.45) is 7.12. The summed E-state index contributed by atoms with van der Waals surface area (Å²) in [4.78, 5) is 36.4. The van der Waals surface area contributed by atoms with Crippen molar-refractivity contribution in [3.8, 4) is 5.75 Å². The second-order valence-corrected chi connectivity index (χ2v) is 5.82. The first-order valence-electron chi connectivity index (χ1n) is 8.26. The smallest absolute Gasteiger partial charge is 0.344 e. The molecule has 0 saturated heterocycles. The second kappa shape index (κ2) is 8.53. The molecule has 0 saturated carbocycles. The Morgan fingerprint density at radius 3 is 1.86 bits per heavy atom. The van der Waals surface area contributed by atoms with Crippen LogP contribution in [0.5, 0.6) is 5.75 Å². The van der Waals surface area contributed by atoms with Crippen LogP contribution in [0.4, 0.5) is 11.4 Å². The second-order valence-electron chi connectivity index (χ2n) is 5.82. The lowest BCUT2D eigenvalue weighted by atomic mass is 10.1. The van der Waals surface area contributed by atoms with Crippen LogP contribution in [0, 0.1) is 20.2 Å². The number of ether oxygens (including phenoxy) is 1. The van der Waals surface area contributed by atoms with E-state index in [1.54, 1.807) is 36.7 Å². The van der Waals surface area contributed by atoms with Gasteiger partial charge in [0.25, 0.3) is 11.4 Å². The molecule has 1 aromatic heterocycles. The molecule has 0 aliphatic heterocycles. The third-order valence-corrected chi connectivity index (χ3v) is 3.82. The summed E-state index contributed by atoms with van der Waals surface area (Å²) in [6.45, 7) is 0. The molecule has 0 unspecified atom stereocenters. The zero-order chi connectivity index (χ0) is 20.8. The van der Waals surface area contributed by atoms with Gasteiger partial charge in [-0.2, -0.15) is 0 Å². The van der Waals surface area contributed by atoms with E-state index < -0.39 is 27.2 Å². The van der Waals surface area contributed by atoms with Gasteiger partial charge < -0.3 is 4.74 Å². The van der Waals surface area contributed by atoms with Gasteiger partial charge in [-0.05, 0) is 35.4 Å². The fourth-order valence-electron chi connectivity index (χ4n) is 2.40. The summed E-state index contributed by atoms with van der Waals surface area (Å²) in [5, 5.41) is 21.9. The van der Waals surface area contributed by atoms with E-state index in [-0.39, 0.29) is 11.3 Å². The van der Waals surface area contributed by atoms with E-state index in [9.17, 15) is 25.0 Å². The third-order valence-electron chi connectivity index (χ3n) is 3.82. The van der Waals surface area contributed by atoms with Crippen LogP contribution < -0.4 is 4.74 Å². The van der Waals surface area contributed by atoms with Crippen LogP contribution in [-0.2, 0) is 0 Å². The molecule has 0 aliphatic carbocycles. The van der Waals surface area contributed by atoms with Crippen molar-refractivity contribution >= 4 is 29.5 Å². The maximum absolute atomic E-state index is 12.3. The standard InChI is InChI=1S/C20H13N3O6/c24-20(16-11-17(22(25)26)13-18(12-16)23(27)28)29-19-5-3-14(4-6-19)1-2-15-7-9-21-10-8-15/h1-13H/b2-1+. The highest BCUT2D eigenvalue weighted by atomic mass is 16.6. The number of nitro benzene ring substituents is 2. The Morgan fingerprint density at radius 1 is 0.828 bits per heavy atom. The highest BCUT2D eigenvalue weighted by Gasteiger charge is 2.21. The first kappa shape index (κ1) is 19.4. The molecule has 1 heterocycles. The zero-order valence-corrected chi connectivity index (χ0v) is 14.8. The average Bonchev–Trinajstić information content (AvgIpc) is 2.73. The van der Waals surface area contributed by atoms with Gasteiger partial charge in [0.2, 0.25) is 0 Å². The number of non-ortho nitro benzene ring substituents is 2. The minimum absolute atomic E-state index is 0.199. The highest BCUT2D eigenvalue weighted by molar-refractivity contribution is 5.92. The maximum atomic E-state index is 12.3. The van der Waals surface area contributed by atoms with Crippen molar-refractivity contribution in [3.05, 3.63) is 104 Å². The van der Waals surface area contributed by atoms with Crippen molar-refractivity contribution in [3.63, 3.8) is 0 Å². The van der Waals surface area contributed by atoms with Crippen LogP contribution in [-0.4, -0.2) is 20.8 Å². The van der Waals surface area contributed by atoms with Crippen molar-refractivity contribution < 1.29 is 19.4 Å². The average molecular weight is 391 g/mol. The summed E-state index contributed by atoms with van der Waals surface area (Å²) in [6, 6.07) is 12.9. The van der Waals surface area contributed by atoms with Crippen molar-refractivity contribution in [2.24, 2.45) is 0 Å². The van der Waals surface area contributed by atoms with Gasteiger partial charge in [0.15, 0.2) is 0 Å². The predicted octanol–water partition coefficient (Wildman–Crippen LogP) is 4.29. The van der Waals surface area contributed by atoms with Crippen LogP contribution in [0.15, 0.2) is 67.0 Å². The number of carbonyl (C=O) groups is 1. The lowest BCUT2D eigenvalue weighted by Crippen LogP contribution is -2.09. The van der Waals surface area contributed by atoms with Crippen LogP contribution in [0.2, 0.25) is 0 Å². The Labute approximate surface area is 164 Å². The maximum Gasteiger partial charge on any atom is 0.344 e. The topological polar surface area (TPSA) is 125 Å². The van der Waals surface area contributed by atoms with E-state index in [4.69, 9.17) is 4.74 Å². The van der Waals surface area contributed by atoms with Gasteiger partial charge in [-0.1, -0.05) is 24.3 Å². The Morgan fingerprint density at radius 2 is 1.34 bits per heavy atom. The number of pyridine rings is 1. The summed E-state index contributed by atoms with van der Waals surface area (Å²) in [5.74, 6) is -0.734. The third kappa shape index (κ3) is 5.07. The minimum Gasteiger partial charge on any atom is -0.423 e.